The van der Waals surface area contributed by atoms with Gasteiger partial charge in [-0.2, -0.15) is 0 Å². The summed E-state index contributed by atoms with van der Waals surface area (Å²) in [5, 5.41) is 3.65. The predicted octanol–water partition coefficient (Wildman–Crippen LogP) is 4.87. The van der Waals surface area contributed by atoms with Crippen LogP contribution >= 0.6 is 11.8 Å². The molecule has 0 heterocycles. The normalized spacial score (nSPS) is 18.7. The van der Waals surface area contributed by atoms with E-state index in [4.69, 9.17) is 0 Å². The van der Waals surface area contributed by atoms with E-state index in [0.29, 0.717) is 6.04 Å². The van der Waals surface area contributed by atoms with Crippen molar-refractivity contribution in [2.24, 2.45) is 5.92 Å². The number of hydrogen-bond acceptors (Lipinski definition) is 2. The second kappa shape index (κ2) is 8.68. The van der Waals surface area contributed by atoms with E-state index in [0.717, 1.165) is 23.1 Å². The Morgan fingerprint density at radius 1 is 1.25 bits per heavy atom. The fraction of sp³-hybridized carbons (Fsp3) is 0.647. The van der Waals surface area contributed by atoms with E-state index in [2.05, 4.69) is 12.2 Å². The van der Waals surface area contributed by atoms with Crippen molar-refractivity contribution in [3.05, 3.63) is 30.1 Å². The van der Waals surface area contributed by atoms with Crippen molar-refractivity contribution in [1.82, 2.24) is 5.32 Å². The minimum atomic E-state index is -0.135. The molecular formula is C17H26FNS. The standard InChI is InChI=1S/C17H26FNS/c1-2-19-17(14-8-5-3-4-6-9-14)13-20-16-11-7-10-15(18)12-16/h7,10-12,14,17,19H,2-6,8-9,13H2,1H3. The minimum Gasteiger partial charge on any atom is -0.313 e. The Morgan fingerprint density at radius 3 is 2.65 bits per heavy atom. The molecule has 0 bridgehead atoms. The monoisotopic (exact) mass is 295 g/mol. The first-order valence-corrected chi connectivity index (χ1v) is 8.90. The van der Waals surface area contributed by atoms with Gasteiger partial charge in [-0.3, -0.25) is 0 Å². The van der Waals surface area contributed by atoms with Crippen LogP contribution in [0.3, 0.4) is 0 Å². The zero-order valence-corrected chi connectivity index (χ0v) is 13.2. The van der Waals surface area contributed by atoms with Crippen LogP contribution < -0.4 is 5.32 Å². The van der Waals surface area contributed by atoms with Crippen molar-refractivity contribution in [1.29, 1.82) is 0 Å². The highest BCUT2D eigenvalue weighted by atomic mass is 32.2. The van der Waals surface area contributed by atoms with Gasteiger partial charge in [0.15, 0.2) is 0 Å². The van der Waals surface area contributed by atoms with Gasteiger partial charge in [-0.1, -0.05) is 38.7 Å². The van der Waals surface area contributed by atoms with Crippen LogP contribution in [0.25, 0.3) is 0 Å². The average Bonchev–Trinajstić information content (AvgIpc) is 2.72. The van der Waals surface area contributed by atoms with Gasteiger partial charge < -0.3 is 5.32 Å². The lowest BCUT2D eigenvalue weighted by molar-refractivity contribution is 0.347. The molecule has 1 N–H and O–H groups in total. The maximum atomic E-state index is 13.2. The summed E-state index contributed by atoms with van der Waals surface area (Å²) in [6.45, 7) is 3.20. The molecule has 0 aromatic heterocycles. The molecule has 1 aromatic carbocycles. The van der Waals surface area contributed by atoms with Crippen LogP contribution in [0.5, 0.6) is 0 Å². The molecule has 3 heteroatoms. The zero-order chi connectivity index (χ0) is 14.2. The smallest absolute Gasteiger partial charge is 0.124 e. The van der Waals surface area contributed by atoms with Crippen molar-refractivity contribution in [3.63, 3.8) is 0 Å². The quantitative estimate of drug-likeness (QED) is 0.594. The van der Waals surface area contributed by atoms with Crippen LogP contribution in [0.4, 0.5) is 4.39 Å². The highest BCUT2D eigenvalue weighted by Crippen LogP contribution is 2.29. The second-order valence-corrected chi connectivity index (χ2v) is 6.78. The Bertz CT molecular complexity index is 388. The van der Waals surface area contributed by atoms with Crippen molar-refractivity contribution >= 4 is 11.8 Å². The van der Waals surface area contributed by atoms with E-state index >= 15 is 0 Å². The fourth-order valence-corrected chi connectivity index (χ4v) is 4.21. The van der Waals surface area contributed by atoms with Gasteiger partial charge in [0.25, 0.3) is 0 Å². The molecule has 0 aliphatic heterocycles. The predicted molar refractivity (Wildman–Crippen MR) is 85.8 cm³/mol. The molecule has 0 amide bonds. The van der Waals surface area contributed by atoms with Crippen LogP contribution in [0, 0.1) is 11.7 Å². The summed E-state index contributed by atoms with van der Waals surface area (Å²) in [6.07, 6.45) is 8.23. The molecule has 1 aliphatic rings. The maximum Gasteiger partial charge on any atom is 0.124 e. The fourth-order valence-electron chi connectivity index (χ4n) is 3.08. The molecule has 1 nitrogen and oxygen atoms in total. The van der Waals surface area contributed by atoms with Crippen molar-refractivity contribution in [2.75, 3.05) is 12.3 Å². The van der Waals surface area contributed by atoms with Gasteiger partial charge in [0.05, 0.1) is 0 Å². The van der Waals surface area contributed by atoms with Crippen LogP contribution in [-0.4, -0.2) is 18.3 Å². The minimum absolute atomic E-state index is 0.135. The molecular weight excluding hydrogens is 269 g/mol. The summed E-state index contributed by atoms with van der Waals surface area (Å²) in [4.78, 5) is 1.04. The van der Waals surface area contributed by atoms with Gasteiger partial charge in [-0.25, -0.2) is 4.39 Å². The van der Waals surface area contributed by atoms with Gasteiger partial charge in [0.1, 0.15) is 5.82 Å². The topological polar surface area (TPSA) is 12.0 Å². The summed E-state index contributed by atoms with van der Waals surface area (Å²) in [5.74, 6) is 1.70. The maximum absolute atomic E-state index is 13.2. The van der Waals surface area contributed by atoms with Crippen LogP contribution in [0.15, 0.2) is 29.2 Å². The van der Waals surface area contributed by atoms with E-state index in [1.807, 2.05) is 6.07 Å². The molecule has 1 fully saturated rings. The lowest BCUT2D eigenvalue weighted by Crippen LogP contribution is -2.38. The molecule has 20 heavy (non-hydrogen) atoms. The SMILES string of the molecule is CCNC(CSc1cccc(F)c1)C1CCCCCC1. The highest BCUT2D eigenvalue weighted by Gasteiger charge is 2.22. The lowest BCUT2D eigenvalue weighted by Gasteiger charge is -2.26. The highest BCUT2D eigenvalue weighted by molar-refractivity contribution is 7.99. The number of benzene rings is 1. The molecule has 2 rings (SSSR count). The van der Waals surface area contributed by atoms with Gasteiger partial charge in [-0.05, 0) is 43.5 Å². The Hall–Kier alpha value is -0.540. The molecule has 1 atom stereocenters. The van der Waals surface area contributed by atoms with Crippen LogP contribution in [-0.2, 0) is 0 Å². The molecule has 1 unspecified atom stereocenters. The van der Waals surface area contributed by atoms with Gasteiger partial charge in [-0.15, -0.1) is 11.8 Å². The zero-order valence-electron chi connectivity index (χ0n) is 12.4. The van der Waals surface area contributed by atoms with Gasteiger partial charge in [0.2, 0.25) is 0 Å². The Kier molecular flexibility index (Phi) is 6.88. The van der Waals surface area contributed by atoms with E-state index < -0.39 is 0 Å². The Labute approximate surface area is 126 Å². The third-order valence-electron chi connectivity index (χ3n) is 4.16. The molecule has 112 valence electrons. The van der Waals surface area contributed by atoms with E-state index in [-0.39, 0.29) is 5.82 Å². The van der Waals surface area contributed by atoms with Crippen LogP contribution in [0.1, 0.15) is 45.4 Å². The summed E-state index contributed by atoms with van der Waals surface area (Å²) in [6, 6.07) is 7.51. The molecule has 1 aliphatic carbocycles. The largest absolute Gasteiger partial charge is 0.313 e. The first-order chi connectivity index (χ1) is 9.79. The average molecular weight is 295 g/mol. The first-order valence-electron chi connectivity index (χ1n) is 7.91. The number of thioether (sulfide) groups is 1. The van der Waals surface area contributed by atoms with E-state index in [9.17, 15) is 4.39 Å². The number of halogens is 1. The number of rotatable bonds is 6. The molecule has 1 saturated carbocycles. The van der Waals surface area contributed by atoms with E-state index in [1.165, 1.54) is 44.6 Å². The van der Waals surface area contributed by atoms with Gasteiger partial charge in [0, 0.05) is 16.7 Å². The van der Waals surface area contributed by atoms with Crippen LogP contribution in [0.2, 0.25) is 0 Å². The molecule has 1 aromatic rings. The Morgan fingerprint density at radius 2 is 2.00 bits per heavy atom. The summed E-state index contributed by atoms with van der Waals surface area (Å²) >= 11 is 1.78. The summed E-state index contributed by atoms with van der Waals surface area (Å²) < 4.78 is 13.2. The third-order valence-corrected chi connectivity index (χ3v) is 5.27. The first kappa shape index (κ1) is 15.8. The van der Waals surface area contributed by atoms with Crippen molar-refractivity contribution in [3.8, 4) is 0 Å². The summed E-state index contributed by atoms with van der Waals surface area (Å²) in [5.41, 5.74) is 0. The number of hydrogen-bond donors (Lipinski definition) is 1. The lowest BCUT2D eigenvalue weighted by atomic mass is 9.93. The summed E-state index contributed by atoms with van der Waals surface area (Å²) in [7, 11) is 0. The molecule has 0 saturated heterocycles. The third kappa shape index (κ3) is 5.10. The molecule has 0 spiro atoms. The molecule has 0 radical (unpaired) electrons. The number of nitrogens with one attached hydrogen (secondary N) is 1. The van der Waals surface area contributed by atoms with E-state index in [1.54, 1.807) is 23.9 Å². The van der Waals surface area contributed by atoms with Crippen molar-refractivity contribution < 1.29 is 4.39 Å². The Balaban J connectivity index is 1.90. The second-order valence-electron chi connectivity index (χ2n) is 5.68. The van der Waals surface area contributed by atoms with Gasteiger partial charge >= 0.3 is 0 Å². The van der Waals surface area contributed by atoms with Crippen molar-refractivity contribution in [2.45, 2.75) is 56.4 Å².